The number of fused-ring (bicyclic) bond motifs is 4. The van der Waals surface area contributed by atoms with E-state index in [1.165, 1.54) is 30.1 Å². The predicted octanol–water partition coefficient (Wildman–Crippen LogP) is 5.41. The number of ether oxygens (including phenoxy) is 2. The van der Waals surface area contributed by atoms with Crippen LogP contribution in [0.15, 0.2) is 78.4 Å². The lowest BCUT2D eigenvalue weighted by Gasteiger charge is -2.49. The molecule has 9 heteroatoms. The van der Waals surface area contributed by atoms with Gasteiger partial charge in [-0.25, -0.2) is 4.90 Å². The largest absolute Gasteiger partial charge is 0.507 e. The van der Waals surface area contributed by atoms with E-state index < -0.39 is 35.0 Å². The molecule has 0 aromatic heterocycles. The fourth-order valence-corrected chi connectivity index (χ4v) is 8.45. The van der Waals surface area contributed by atoms with E-state index in [9.17, 15) is 24.3 Å². The summed E-state index contributed by atoms with van der Waals surface area (Å²) in [6.07, 6.45) is 3.30. The quantitative estimate of drug-likeness (QED) is 0.290. The maximum absolute atomic E-state index is 14.6. The van der Waals surface area contributed by atoms with E-state index in [1.807, 2.05) is 31.2 Å². The minimum Gasteiger partial charge on any atom is -0.507 e. The van der Waals surface area contributed by atoms with Crippen molar-refractivity contribution in [1.82, 2.24) is 0 Å². The molecule has 2 aliphatic carbocycles. The molecule has 4 amide bonds. The zero-order chi connectivity index (χ0) is 32.5. The number of phenols is 1. The highest BCUT2D eigenvalue weighted by atomic mass is 16.5. The summed E-state index contributed by atoms with van der Waals surface area (Å²) in [6.45, 7) is 3.82. The number of carbonyl (C=O) groups is 4. The Morgan fingerprint density at radius 2 is 1.54 bits per heavy atom. The van der Waals surface area contributed by atoms with Crippen LogP contribution < -0.4 is 19.3 Å². The fraction of sp³-hybridized carbons (Fsp3) is 0.351. The lowest BCUT2D eigenvalue weighted by atomic mass is 9.51. The zero-order valence-electron chi connectivity index (χ0n) is 26.2. The van der Waals surface area contributed by atoms with E-state index in [0.29, 0.717) is 34.9 Å². The smallest absolute Gasteiger partial charge is 0.241 e. The molecule has 6 atom stereocenters. The standard InChI is InChI=1S/C37H36N2O7/c1-5-20-11-13-22(14-12-20)38-33(41)25-16-15-24-26(30(25)35(38)43)19-27-34(42)39(21-9-7-6-8-10-21)36(44)37(27,2)32(24)31-28(40)17-23(45-3)18-29(31)46-4/h6-15,17-18,25-27,30,32,40H,5,16,19H2,1-4H3. The van der Waals surface area contributed by atoms with Crippen molar-refractivity contribution in [3.63, 3.8) is 0 Å². The molecule has 3 aromatic rings. The molecule has 1 saturated carbocycles. The predicted molar refractivity (Wildman–Crippen MR) is 171 cm³/mol. The molecule has 0 bridgehead atoms. The van der Waals surface area contributed by atoms with E-state index in [1.54, 1.807) is 49.4 Å². The summed E-state index contributed by atoms with van der Waals surface area (Å²) in [4.78, 5) is 59.6. The van der Waals surface area contributed by atoms with Gasteiger partial charge in [-0.05, 0) is 61.9 Å². The summed E-state index contributed by atoms with van der Waals surface area (Å²) >= 11 is 0. The molecule has 236 valence electrons. The van der Waals surface area contributed by atoms with Crippen LogP contribution in [0.3, 0.4) is 0 Å². The van der Waals surface area contributed by atoms with Crippen molar-refractivity contribution in [3.8, 4) is 17.2 Å². The molecule has 2 aliphatic heterocycles. The Morgan fingerprint density at radius 1 is 0.848 bits per heavy atom. The van der Waals surface area contributed by atoms with E-state index in [0.717, 1.165) is 17.6 Å². The van der Waals surface area contributed by atoms with Gasteiger partial charge in [-0.2, -0.15) is 0 Å². The Hall–Kier alpha value is -4.92. The maximum atomic E-state index is 14.6. The first-order chi connectivity index (χ1) is 22.1. The third kappa shape index (κ3) is 4.06. The van der Waals surface area contributed by atoms with Crippen molar-refractivity contribution >= 4 is 35.0 Å². The molecule has 0 spiro atoms. The molecule has 4 aliphatic rings. The number of carbonyl (C=O) groups excluding carboxylic acids is 4. The highest BCUT2D eigenvalue weighted by Gasteiger charge is 2.68. The Kier molecular flexibility index (Phi) is 7.03. The highest BCUT2D eigenvalue weighted by Crippen LogP contribution is 2.65. The number of nitrogens with zero attached hydrogens (tertiary/aromatic N) is 2. The topological polar surface area (TPSA) is 113 Å². The van der Waals surface area contributed by atoms with Crippen LogP contribution in [0.25, 0.3) is 0 Å². The van der Waals surface area contributed by atoms with Crippen molar-refractivity contribution in [2.24, 2.45) is 29.1 Å². The molecule has 2 saturated heterocycles. The number of benzene rings is 3. The molecule has 7 rings (SSSR count). The molecule has 1 N–H and O–H groups in total. The maximum Gasteiger partial charge on any atom is 0.241 e. The van der Waals surface area contributed by atoms with Crippen LogP contribution >= 0.6 is 0 Å². The second-order valence-electron chi connectivity index (χ2n) is 12.8. The van der Waals surface area contributed by atoms with Crippen LogP contribution in [0.2, 0.25) is 0 Å². The van der Waals surface area contributed by atoms with Crippen molar-refractivity contribution in [1.29, 1.82) is 0 Å². The van der Waals surface area contributed by atoms with Gasteiger partial charge >= 0.3 is 0 Å². The van der Waals surface area contributed by atoms with Gasteiger partial charge in [0.25, 0.3) is 0 Å². The van der Waals surface area contributed by atoms with Gasteiger partial charge in [0.2, 0.25) is 23.6 Å². The normalized spacial score (nSPS) is 28.5. The SMILES string of the molecule is CCc1ccc(N2C(=O)C3CC=C4C(CC5C(=O)N(c6ccccc6)C(=O)C5(C)C4c4c(O)cc(OC)cc4OC)C3C2=O)cc1. The molecule has 3 fully saturated rings. The van der Waals surface area contributed by atoms with Crippen LogP contribution in [0, 0.1) is 29.1 Å². The Balaban J connectivity index is 1.39. The van der Waals surface area contributed by atoms with Gasteiger partial charge in [0, 0.05) is 23.6 Å². The van der Waals surface area contributed by atoms with Crippen LogP contribution in [-0.4, -0.2) is 43.0 Å². The van der Waals surface area contributed by atoms with Crippen molar-refractivity contribution in [2.75, 3.05) is 24.0 Å². The number of imide groups is 2. The van der Waals surface area contributed by atoms with Gasteiger partial charge in [0.05, 0.1) is 48.8 Å². The number of methoxy groups -OCH3 is 2. The van der Waals surface area contributed by atoms with Crippen LogP contribution in [0.5, 0.6) is 17.2 Å². The molecule has 6 unspecified atom stereocenters. The van der Waals surface area contributed by atoms with Crippen LogP contribution in [-0.2, 0) is 25.6 Å². The van der Waals surface area contributed by atoms with E-state index >= 15 is 0 Å². The Labute approximate surface area is 267 Å². The van der Waals surface area contributed by atoms with Crippen LogP contribution in [0.4, 0.5) is 11.4 Å². The third-order valence-electron chi connectivity index (χ3n) is 10.7. The van der Waals surface area contributed by atoms with Gasteiger partial charge < -0.3 is 14.6 Å². The number of anilines is 2. The molecular weight excluding hydrogens is 584 g/mol. The highest BCUT2D eigenvalue weighted by molar-refractivity contribution is 6.25. The van der Waals surface area contributed by atoms with Gasteiger partial charge in [-0.15, -0.1) is 0 Å². The average Bonchev–Trinajstić information content (AvgIpc) is 3.44. The lowest BCUT2D eigenvalue weighted by Crippen LogP contribution is -2.49. The molecule has 2 heterocycles. The second-order valence-corrected chi connectivity index (χ2v) is 12.8. The minimum absolute atomic E-state index is 0.144. The Bertz CT molecular complexity index is 1800. The van der Waals surface area contributed by atoms with Crippen molar-refractivity contribution in [2.45, 2.75) is 39.0 Å². The molecule has 9 nitrogen and oxygen atoms in total. The van der Waals surface area contributed by atoms with E-state index in [4.69, 9.17) is 9.47 Å². The molecule has 3 aromatic carbocycles. The molecular formula is C37H36N2O7. The first-order valence-electron chi connectivity index (χ1n) is 15.7. The number of amides is 4. The second kappa shape index (κ2) is 10.9. The summed E-state index contributed by atoms with van der Waals surface area (Å²) in [5, 5.41) is 11.5. The summed E-state index contributed by atoms with van der Waals surface area (Å²) in [7, 11) is 2.95. The molecule has 0 radical (unpaired) electrons. The van der Waals surface area contributed by atoms with Gasteiger partial charge in [-0.1, -0.05) is 48.9 Å². The van der Waals surface area contributed by atoms with E-state index in [2.05, 4.69) is 0 Å². The number of hydrogen-bond donors (Lipinski definition) is 1. The molecule has 46 heavy (non-hydrogen) atoms. The summed E-state index contributed by atoms with van der Waals surface area (Å²) < 4.78 is 11.2. The number of hydrogen-bond acceptors (Lipinski definition) is 7. The number of allylic oxidation sites excluding steroid dienone is 2. The average molecular weight is 621 g/mol. The van der Waals surface area contributed by atoms with E-state index in [-0.39, 0.29) is 35.8 Å². The van der Waals surface area contributed by atoms with Gasteiger partial charge in [0.1, 0.15) is 17.2 Å². The number of aryl methyl sites for hydroxylation is 1. The van der Waals surface area contributed by atoms with Gasteiger partial charge in [0.15, 0.2) is 0 Å². The number of aromatic hydroxyl groups is 1. The van der Waals surface area contributed by atoms with Crippen LogP contribution in [0.1, 0.15) is 43.7 Å². The first kappa shape index (κ1) is 29.8. The number of rotatable bonds is 6. The minimum atomic E-state index is -1.32. The lowest BCUT2D eigenvalue weighted by molar-refractivity contribution is -0.131. The first-order valence-corrected chi connectivity index (χ1v) is 15.7. The Morgan fingerprint density at radius 3 is 2.20 bits per heavy atom. The summed E-state index contributed by atoms with van der Waals surface area (Å²) in [5.41, 5.74) is 1.88. The monoisotopic (exact) mass is 620 g/mol. The summed E-state index contributed by atoms with van der Waals surface area (Å²) in [6, 6.07) is 19.4. The number of para-hydroxylation sites is 1. The zero-order valence-corrected chi connectivity index (χ0v) is 26.2. The summed E-state index contributed by atoms with van der Waals surface area (Å²) in [5.74, 6) is -4.25. The van der Waals surface area contributed by atoms with Gasteiger partial charge in [-0.3, -0.25) is 24.1 Å². The van der Waals surface area contributed by atoms with Crippen molar-refractivity contribution in [3.05, 3.63) is 89.5 Å². The fourth-order valence-electron chi connectivity index (χ4n) is 8.45. The number of phenolic OH excluding ortho intramolecular Hbond substituents is 1. The third-order valence-corrected chi connectivity index (χ3v) is 10.7. The van der Waals surface area contributed by atoms with Crippen molar-refractivity contribution < 1.29 is 33.8 Å².